The van der Waals surface area contributed by atoms with Crippen LogP contribution in [0.15, 0.2) is 79.0 Å². The van der Waals surface area contributed by atoms with Crippen molar-refractivity contribution in [1.29, 1.82) is 0 Å². The Balaban J connectivity index is 1.84. The molecule has 1 aromatic heterocycles. The summed E-state index contributed by atoms with van der Waals surface area (Å²) in [5.41, 5.74) is 2.52. The van der Waals surface area contributed by atoms with Gasteiger partial charge in [-0.1, -0.05) is 55.5 Å². The van der Waals surface area contributed by atoms with Crippen LogP contribution >= 0.6 is 0 Å². The van der Waals surface area contributed by atoms with Crippen molar-refractivity contribution < 1.29 is 4.79 Å². The average Bonchev–Trinajstić information content (AvgIpc) is 2.73. The number of para-hydroxylation sites is 1. The van der Waals surface area contributed by atoms with E-state index in [2.05, 4.69) is 24.1 Å². The monoisotopic (exact) mass is 359 g/mol. The Kier molecular flexibility index (Phi) is 6.21. The fourth-order valence-electron chi connectivity index (χ4n) is 2.77. The lowest BCUT2D eigenvalue weighted by Gasteiger charge is -2.23. The van der Waals surface area contributed by atoms with Crippen LogP contribution in [0.25, 0.3) is 0 Å². The van der Waals surface area contributed by atoms with Crippen LogP contribution < -0.4 is 10.2 Å². The van der Waals surface area contributed by atoms with E-state index in [9.17, 15) is 4.79 Å². The standard InChI is InChI=1S/C23H25N3O/c1-3-18(2)25-22-15-14-20(16-24-22)23(27)26(21-12-8-5-9-13-21)17-19-10-6-4-7-11-19/h4-16,18H,3,17H2,1-2H3,(H,24,25). The van der Waals surface area contributed by atoms with Crippen LogP contribution in [0.5, 0.6) is 0 Å². The number of nitrogens with one attached hydrogen (secondary N) is 1. The molecule has 0 aliphatic rings. The van der Waals surface area contributed by atoms with Gasteiger partial charge in [0.1, 0.15) is 5.82 Å². The number of pyridine rings is 1. The lowest BCUT2D eigenvalue weighted by molar-refractivity contribution is 0.0985. The summed E-state index contributed by atoms with van der Waals surface area (Å²) < 4.78 is 0. The average molecular weight is 359 g/mol. The Hall–Kier alpha value is -3.14. The highest BCUT2D eigenvalue weighted by Gasteiger charge is 2.18. The van der Waals surface area contributed by atoms with Gasteiger partial charge in [0, 0.05) is 17.9 Å². The normalized spacial score (nSPS) is 11.6. The Morgan fingerprint density at radius 1 is 1.00 bits per heavy atom. The molecule has 4 heteroatoms. The minimum atomic E-state index is -0.0624. The molecule has 1 amide bonds. The molecule has 0 radical (unpaired) electrons. The number of carbonyl (C=O) groups is 1. The van der Waals surface area contributed by atoms with Crippen molar-refractivity contribution in [1.82, 2.24) is 4.98 Å². The quantitative estimate of drug-likeness (QED) is 0.635. The topological polar surface area (TPSA) is 45.2 Å². The van der Waals surface area contributed by atoms with Gasteiger partial charge in [0.05, 0.1) is 12.1 Å². The van der Waals surface area contributed by atoms with Crippen molar-refractivity contribution in [3.8, 4) is 0 Å². The van der Waals surface area contributed by atoms with E-state index >= 15 is 0 Å². The van der Waals surface area contributed by atoms with E-state index in [4.69, 9.17) is 0 Å². The molecule has 1 unspecified atom stereocenters. The SMILES string of the molecule is CCC(C)Nc1ccc(C(=O)N(Cc2ccccc2)c2ccccc2)cn1. The maximum Gasteiger partial charge on any atom is 0.260 e. The third-order valence-electron chi connectivity index (χ3n) is 4.51. The summed E-state index contributed by atoms with van der Waals surface area (Å²) in [4.78, 5) is 19.4. The number of benzene rings is 2. The second kappa shape index (κ2) is 8.99. The Morgan fingerprint density at radius 3 is 2.26 bits per heavy atom. The molecule has 0 spiro atoms. The largest absolute Gasteiger partial charge is 0.368 e. The van der Waals surface area contributed by atoms with Crippen molar-refractivity contribution in [3.63, 3.8) is 0 Å². The summed E-state index contributed by atoms with van der Waals surface area (Å²) in [5.74, 6) is 0.725. The molecule has 0 saturated heterocycles. The number of amides is 1. The highest BCUT2D eigenvalue weighted by Crippen LogP contribution is 2.20. The van der Waals surface area contributed by atoms with Crippen LogP contribution in [-0.2, 0) is 6.54 Å². The number of carbonyl (C=O) groups excluding carboxylic acids is 1. The van der Waals surface area contributed by atoms with Crippen LogP contribution in [-0.4, -0.2) is 16.9 Å². The van der Waals surface area contributed by atoms with Gasteiger partial charge < -0.3 is 10.2 Å². The summed E-state index contributed by atoms with van der Waals surface area (Å²) in [6, 6.07) is 23.8. The van der Waals surface area contributed by atoms with E-state index in [-0.39, 0.29) is 5.91 Å². The molecule has 138 valence electrons. The lowest BCUT2D eigenvalue weighted by atomic mass is 10.1. The second-order valence-electron chi connectivity index (χ2n) is 6.60. The van der Waals surface area contributed by atoms with Crippen molar-refractivity contribution in [2.45, 2.75) is 32.9 Å². The molecule has 0 aliphatic carbocycles. The predicted molar refractivity (Wildman–Crippen MR) is 111 cm³/mol. The van der Waals surface area contributed by atoms with Crippen LogP contribution in [0.3, 0.4) is 0 Å². The molecule has 0 bridgehead atoms. The summed E-state index contributed by atoms with van der Waals surface area (Å²) >= 11 is 0. The van der Waals surface area contributed by atoms with E-state index in [0.29, 0.717) is 18.2 Å². The third-order valence-corrected chi connectivity index (χ3v) is 4.51. The molecule has 27 heavy (non-hydrogen) atoms. The molecule has 1 heterocycles. The highest BCUT2D eigenvalue weighted by atomic mass is 16.2. The number of anilines is 2. The highest BCUT2D eigenvalue weighted by molar-refractivity contribution is 6.05. The Bertz CT molecular complexity index is 848. The minimum absolute atomic E-state index is 0.0624. The molecular weight excluding hydrogens is 334 g/mol. The molecule has 3 rings (SSSR count). The maximum absolute atomic E-state index is 13.2. The molecule has 3 aromatic rings. The lowest BCUT2D eigenvalue weighted by Crippen LogP contribution is -2.30. The first-order valence-electron chi connectivity index (χ1n) is 9.31. The molecule has 4 nitrogen and oxygen atoms in total. The molecule has 2 aromatic carbocycles. The maximum atomic E-state index is 13.2. The minimum Gasteiger partial charge on any atom is -0.368 e. The fourth-order valence-corrected chi connectivity index (χ4v) is 2.77. The predicted octanol–water partition coefficient (Wildman–Crippen LogP) is 5.14. The van der Waals surface area contributed by atoms with Gasteiger partial charge in [-0.25, -0.2) is 4.98 Å². The number of hydrogen-bond acceptors (Lipinski definition) is 3. The van der Waals surface area contributed by atoms with Crippen LogP contribution in [0, 0.1) is 0 Å². The smallest absolute Gasteiger partial charge is 0.260 e. The summed E-state index contributed by atoms with van der Waals surface area (Å²) in [6.45, 7) is 4.74. The Labute approximate surface area is 160 Å². The number of rotatable bonds is 7. The molecular formula is C23H25N3O. The van der Waals surface area contributed by atoms with Gasteiger partial charge in [0.15, 0.2) is 0 Å². The van der Waals surface area contributed by atoms with E-state index in [1.807, 2.05) is 72.8 Å². The summed E-state index contributed by atoms with van der Waals surface area (Å²) in [7, 11) is 0. The van der Waals surface area contributed by atoms with Gasteiger partial charge in [-0.15, -0.1) is 0 Å². The van der Waals surface area contributed by atoms with Crippen molar-refractivity contribution in [2.24, 2.45) is 0 Å². The van der Waals surface area contributed by atoms with Crippen molar-refractivity contribution >= 4 is 17.4 Å². The van der Waals surface area contributed by atoms with E-state index in [1.54, 1.807) is 11.1 Å². The van der Waals surface area contributed by atoms with Gasteiger partial charge in [-0.2, -0.15) is 0 Å². The van der Waals surface area contributed by atoms with E-state index in [1.165, 1.54) is 0 Å². The van der Waals surface area contributed by atoms with Gasteiger partial charge in [0.25, 0.3) is 5.91 Å². The molecule has 0 aliphatic heterocycles. The Morgan fingerprint density at radius 2 is 1.67 bits per heavy atom. The number of aromatic nitrogens is 1. The van der Waals surface area contributed by atoms with Gasteiger partial charge in [0.2, 0.25) is 0 Å². The van der Waals surface area contributed by atoms with Crippen LogP contribution in [0.2, 0.25) is 0 Å². The molecule has 0 saturated carbocycles. The van der Waals surface area contributed by atoms with E-state index < -0.39 is 0 Å². The third kappa shape index (κ3) is 4.94. The zero-order valence-corrected chi connectivity index (χ0v) is 15.8. The van der Waals surface area contributed by atoms with Crippen molar-refractivity contribution in [2.75, 3.05) is 10.2 Å². The van der Waals surface area contributed by atoms with Gasteiger partial charge in [-0.05, 0) is 43.2 Å². The summed E-state index contributed by atoms with van der Waals surface area (Å²) in [5, 5.41) is 3.32. The number of hydrogen-bond donors (Lipinski definition) is 1. The number of nitrogens with zero attached hydrogens (tertiary/aromatic N) is 2. The van der Waals surface area contributed by atoms with Crippen LogP contribution in [0.4, 0.5) is 11.5 Å². The zero-order chi connectivity index (χ0) is 19.1. The first-order chi connectivity index (χ1) is 13.2. The summed E-state index contributed by atoms with van der Waals surface area (Å²) in [6.07, 6.45) is 2.66. The van der Waals surface area contributed by atoms with Crippen LogP contribution in [0.1, 0.15) is 36.2 Å². The molecule has 0 fully saturated rings. The van der Waals surface area contributed by atoms with Crippen molar-refractivity contribution in [3.05, 3.63) is 90.1 Å². The zero-order valence-electron chi connectivity index (χ0n) is 15.8. The molecule has 1 N–H and O–H groups in total. The fraction of sp³-hybridized carbons (Fsp3) is 0.217. The van der Waals surface area contributed by atoms with Gasteiger partial charge in [-0.3, -0.25) is 4.79 Å². The second-order valence-corrected chi connectivity index (χ2v) is 6.60. The molecule has 1 atom stereocenters. The van der Waals surface area contributed by atoms with Gasteiger partial charge >= 0.3 is 0 Å². The van der Waals surface area contributed by atoms with E-state index in [0.717, 1.165) is 23.5 Å². The first-order valence-corrected chi connectivity index (χ1v) is 9.31. The first kappa shape index (κ1) is 18.6.